The third-order valence-corrected chi connectivity index (χ3v) is 6.41. The molecular formula is C21H40N4O3. The van der Waals surface area contributed by atoms with Crippen molar-refractivity contribution in [3.63, 3.8) is 0 Å². The maximum absolute atomic E-state index is 5.95. The summed E-state index contributed by atoms with van der Waals surface area (Å²) in [5, 5.41) is 7.07. The Hall–Kier alpha value is -0.890. The SMILES string of the molecule is CN=C(NCCCOC1CCOCC1)NCC1(N2CCOCC2)CCCCC1. The fraction of sp³-hybridized carbons (Fsp3) is 0.952. The largest absolute Gasteiger partial charge is 0.381 e. The predicted molar refractivity (Wildman–Crippen MR) is 112 cm³/mol. The summed E-state index contributed by atoms with van der Waals surface area (Å²) in [6.07, 6.45) is 10.00. The molecule has 3 rings (SSSR count). The molecule has 2 saturated heterocycles. The number of hydrogen-bond donors (Lipinski definition) is 2. The lowest BCUT2D eigenvalue weighted by atomic mass is 9.80. The van der Waals surface area contributed by atoms with Gasteiger partial charge in [-0.15, -0.1) is 0 Å². The fourth-order valence-corrected chi connectivity index (χ4v) is 4.69. The smallest absolute Gasteiger partial charge is 0.191 e. The van der Waals surface area contributed by atoms with Gasteiger partial charge in [0, 0.05) is 58.6 Å². The lowest BCUT2D eigenvalue weighted by Gasteiger charge is -2.48. The molecule has 3 fully saturated rings. The average Bonchev–Trinajstić information content (AvgIpc) is 2.77. The van der Waals surface area contributed by atoms with Gasteiger partial charge in [-0.25, -0.2) is 0 Å². The third kappa shape index (κ3) is 6.58. The highest BCUT2D eigenvalue weighted by Gasteiger charge is 2.38. The Labute approximate surface area is 170 Å². The van der Waals surface area contributed by atoms with Gasteiger partial charge in [0.15, 0.2) is 5.96 Å². The van der Waals surface area contributed by atoms with E-state index >= 15 is 0 Å². The highest BCUT2D eigenvalue weighted by Crippen LogP contribution is 2.33. The number of hydrogen-bond acceptors (Lipinski definition) is 5. The van der Waals surface area contributed by atoms with Crippen LogP contribution < -0.4 is 10.6 Å². The van der Waals surface area contributed by atoms with Crippen LogP contribution in [0.5, 0.6) is 0 Å². The van der Waals surface area contributed by atoms with E-state index in [1.165, 1.54) is 32.1 Å². The van der Waals surface area contributed by atoms with E-state index in [4.69, 9.17) is 14.2 Å². The topological polar surface area (TPSA) is 67.4 Å². The molecule has 7 nitrogen and oxygen atoms in total. The fourth-order valence-electron chi connectivity index (χ4n) is 4.69. The molecule has 3 aliphatic rings. The van der Waals surface area contributed by atoms with Gasteiger partial charge >= 0.3 is 0 Å². The van der Waals surface area contributed by atoms with Crippen molar-refractivity contribution in [2.75, 3.05) is 66.3 Å². The Morgan fingerprint density at radius 2 is 1.75 bits per heavy atom. The van der Waals surface area contributed by atoms with Crippen LogP contribution in [0.25, 0.3) is 0 Å². The van der Waals surface area contributed by atoms with Gasteiger partial charge in [-0.1, -0.05) is 19.3 Å². The number of rotatable bonds is 8. The maximum Gasteiger partial charge on any atom is 0.191 e. The first kappa shape index (κ1) is 21.8. The van der Waals surface area contributed by atoms with Crippen LogP contribution in [-0.2, 0) is 14.2 Å². The molecule has 28 heavy (non-hydrogen) atoms. The van der Waals surface area contributed by atoms with Crippen molar-refractivity contribution in [1.29, 1.82) is 0 Å². The van der Waals surface area contributed by atoms with Crippen LogP contribution in [0.15, 0.2) is 4.99 Å². The van der Waals surface area contributed by atoms with Crippen LogP contribution in [0, 0.1) is 0 Å². The molecule has 0 unspecified atom stereocenters. The van der Waals surface area contributed by atoms with E-state index in [2.05, 4.69) is 20.5 Å². The van der Waals surface area contributed by atoms with E-state index in [1.807, 2.05) is 7.05 Å². The summed E-state index contributed by atoms with van der Waals surface area (Å²) in [4.78, 5) is 7.09. The Bertz CT molecular complexity index is 457. The van der Waals surface area contributed by atoms with Gasteiger partial charge in [0.1, 0.15) is 0 Å². The van der Waals surface area contributed by atoms with Gasteiger partial charge in [0.2, 0.25) is 0 Å². The number of morpholine rings is 1. The van der Waals surface area contributed by atoms with Crippen molar-refractivity contribution in [2.24, 2.45) is 4.99 Å². The standard InChI is InChI=1S/C21H40N4O3/c1-22-20(23-10-5-13-28-19-6-14-26-15-7-19)24-18-21(8-3-2-4-9-21)25-11-16-27-17-12-25/h19H,2-18H2,1H3,(H2,22,23,24). The summed E-state index contributed by atoms with van der Waals surface area (Å²) in [5.41, 5.74) is 0.256. The quantitative estimate of drug-likeness (QED) is 0.370. The molecule has 2 heterocycles. The molecule has 1 saturated carbocycles. The van der Waals surface area contributed by atoms with Gasteiger partial charge in [-0.3, -0.25) is 9.89 Å². The minimum Gasteiger partial charge on any atom is -0.381 e. The first-order valence-corrected chi connectivity index (χ1v) is 11.3. The summed E-state index contributed by atoms with van der Waals surface area (Å²) in [6, 6.07) is 0. The van der Waals surface area contributed by atoms with E-state index in [0.29, 0.717) is 6.10 Å². The second-order valence-electron chi connectivity index (χ2n) is 8.27. The van der Waals surface area contributed by atoms with E-state index in [0.717, 1.165) is 84.4 Å². The molecule has 0 aromatic rings. The molecule has 2 N–H and O–H groups in total. The number of nitrogens with one attached hydrogen (secondary N) is 2. The molecule has 0 radical (unpaired) electrons. The predicted octanol–water partition coefficient (Wildman–Crippen LogP) is 1.77. The second-order valence-corrected chi connectivity index (χ2v) is 8.27. The molecule has 0 bridgehead atoms. The van der Waals surface area contributed by atoms with Gasteiger partial charge in [-0.2, -0.15) is 0 Å². The van der Waals surface area contributed by atoms with Crippen LogP contribution >= 0.6 is 0 Å². The van der Waals surface area contributed by atoms with Gasteiger partial charge < -0.3 is 24.8 Å². The zero-order chi connectivity index (χ0) is 19.5. The molecular weight excluding hydrogens is 356 g/mol. The highest BCUT2D eigenvalue weighted by atomic mass is 16.5. The normalized spacial score (nSPS) is 24.8. The Morgan fingerprint density at radius 3 is 2.46 bits per heavy atom. The first-order chi connectivity index (χ1) is 13.8. The van der Waals surface area contributed by atoms with E-state index < -0.39 is 0 Å². The number of guanidine groups is 1. The number of aliphatic imine (C=N–C) groups is 1. The Kier molecular flexibility index (Phi) is 9.31. The van der Waals surface area contributed by atoms with E-state index in [-0.39, 0.29) is 5.54 Å². The van der Waals surface area contributed by atoms with Crippen LogP contribution in [0.4, 0.5) is 0 Å². The summed E-state index contributed by atoms with van der Waals surface area (Å²) < 4.78 is 16.9. The van der Waals surface area contributed by atoms with Crippen LogP contribution in [0.3, 0.4) is 0 Å². The Balaban J connectivity index is 1.37. The molecule has 0 spiro atoms. The minimum atomic E-state index is 0.256. The number of ether oxygens (including phenoxy) is 3. The van der Waals surface area contributed by atoms with Crippen LogP contribution in [-0.4, -0.2) is 88.8 Å². The molecule has 0 aromatic heterocycles. The molecule has 7 heteroatoms. The first-order valence-electron chi connectivity index (χ1n) is 11.3. The van der Waals surface area contributed by atoms with Crippen LogP contribution in [0.1, 0.15) is 51.4 Å². The zero-order valence-electron chi connectivity index (χ0n) is 17.7. The average molecular weight is 397 g/mol. The molecule has 162 valence electrons. The lowest BCUT2D eigenvalue weighted by molar-refractivity contribution is -0.0353. The van der Waals surface area contributed by atoms with Gasteiger partial charge in [-0.05, 0) is 32.1 Å². The molecule has 0 amide bonds. The van der Waals surface area contributed by atoms with Crippen molar-refractivity contribution in [2.45, 2.75) is 63.0 Å². The van der Waals surface area contributed by atoms with E-state index in [9.17, 15) is 0 Å². The molecule has 2 aliphatic heterocycles. The summed E-state index contributed by atoms with van der Waals surface area (Å²) in [7, 11) is 1.86. The summed E-state index contributed by atoms with van der Waals surface area (Å²) in [5.74, 6) is 0.907. The number of nitrogens with zero attached hydrogens (tertiary/aromatic N) is 2. The monoisotopic (exact) mass is 396 g/mol. The lowest BCUT2D eigenvalue weighted by Crippen LogP contribution is -2.60. The molecule has 0 atom stereocenters. The van der Waals surface area contributed by atoms with Crippen molar-refractivity contribution in [3.05, 3.63) is 0 Å². The summed E-state index contributed by atoms with van der Waals surface area (Å²) in [6.45, 7) is 8.15. The molecule has 1 aliphatic carbocycles. The van der Waals surface area contributed by atoms with Crippen molar-refractivity contribution < 1.29 is 14.2 Å². The highest BCUT2D eigenvalue weighted by molar-refractivity contribution is 5.79. The van der Waals surface area contributed by atoms with Gasteiger partial charge in [0.05, 0.1) is 19.3 Å². The molecule has 0 aromatic carbocycles. The van der Waals surface area contributed by atoms with E-state index in [1.54, 1.807) is 0 Å². The zero-order valence-corrected chi connectivity index (χ0v) is 17.7. The van der Waals surface area contributed by atoms with Crippen LogP contribution in [0.2, 0.25) is 0 Å². The second kappa shape index (κ2) is 12.0. The van der Waals surface area contributed by atoms with Crippen molar-refractivity contribution in [3.8, 4) is 0 Å². The maximum atomic E-state index is 5.95. The third-order valence-electron chi connectivity index (χ3n) is 6.41. The van der Waals surface area contributed by atoms with Crippen molar-refractivity contribution in [1.82, 2.24) is 15.5 Å². The summed E-state index contributed by atoms with van der Waals surface area (Å²) >= 11 is 0. The minimum absolute atomic E-state index is 0.256. The van der Waals surface area contributed by atoms with Crippen molar-refractivity contribution >= 4 is 5.96 Å². The van der Waals surface area contributed by atoms with Gasteiger partial charge in [0.25, 0.3) is 0 Å². The Morgan fingerprint density at radius 1 is 1.04 bits per heavy atom.